The topological polar surface area (TPSA) is 101 Å². The first-order valence-electron chi connectivity index (χ1n) is 11.5. The molecular weight excluding hydrogens is 462 g/mol. The van der Waals surface area contributed by atoms with Gasteiger partial charge in [-0.1, -0.05) is 55.5 Å². The van der Waals surface area contributed by atoms with Crippen LogP contribution in [-0.4, -0.2) is 35.9 Å². The first kappa shape index (κ1) is 26.4. The third kappa shape index (κ3) is 6.91. The molecule has 2 aromatic carbocycles. The lowest BCUT2D eigenvalue weighted by molar-refractivity contribution is -0.157. The second kappa shape index (κ2) is 12.5. The zero-order chi connectivity index (χ0) is 26.1. The zero-order valence-corrected chi connectivity index (χ0v) is 20.7. The molecule has 3 atom stereocenters. The predicted molar refractivity (Wildman–Crippen MR) is 132 cm³/mol. The summed E-state index contributed by atoms with van der Waals surface area (Å²) in [5.41, 5.74) is 0.754. The number of Topliss-reactive ketones (excluding diaryl/α,β-unsaturated/α-hetero) is 1. The van der Waals surface area contributed by atoms with Crippen molar-refractivity contribution in [1.29, 1.82) is 0 Å². The van der Waals surface area contributed by atoms with Gasteiger partial charge in [0.15, 0.2) is 23.3 Å². The minimum Gasteiger partial charge on any atom is -0.493 e. The van der Waals surface area contributed by atoms with Gasteiger partial charge in [-0.3, -0.25) is 14.4 Å². The Bertz CT molecular complexity index is 1180. The summed E-state index contributed by atoms with van der Waals surface area (Å²) in [4.78, 5) is 41.5. The van der Waals surface area contributed by atoms with Gasteiger partial charge in [0.2, 0.25) is 5.75 Å². The molecule has 0 aliphatic rings. The molecule has 0 spiro atoms. The average molecular weight is 492 g/mol. The van der Waals surface area contributed by atoms with Crippen LogP contribution < -0.4 is 14.2 Å². The molecule has 0 saturated heterocycles. The van der Waals surface area contributed by atoms with Gasteiger partial charge < -0.3 is 18.9 Å². The number of hydrogen-bond donors (Lipinski definition) is 0. The molecule has 0 aliphatic heterocycles. The van der Waals surface area contributed by atoms with Crippen LogP contribution in [0.5, 0.6) is 17.2 Å². The Balaban J connectivity index is 1.72. The Morgan fingerprint density at radius 1 is 0.917 bits per heavy atom. The van der Waals surface area contributed by atoms with Crippen molar-refractivity contribution in [3.05, 3.63) is 84.2 Å². The number of carbonyl (C=O) groups excluding carboxylic acids is 3. The maximum Gasteiger partial charge on any atom is 0.309 e. The van der Waals surface area contributed by atoms with E-state index in [-0.39, 0.29) is 23.6 Å². The van der Waals surface area contributed by atoms with E-state index < -0.39 is 35.8 Å². The van der Waals surface area contributed by atoms with E-state index in [9.17, 15) is 14.4 Å². The number of rotatable bonds is 11. The van der Waals surface area contributed by atoms with E-state index in [2.05, 4.69) is 4.98 Å². The Hall–Kier alpha value is -4.20. The molecule has 0 unspecified atom stereocenters. The van der Waals surface area contributed by atoms with E-state index >= 15 is 0 Å². The standard InChI is InChI=1S/C28H29NO7/c1-18(17-23(31)25-27(35-20(3)30)24(33-4)15-16-29-25)28(32)34-19(2)26(21-11-7-5-8-12-21)36-22-13-9-6-10-14-22/h5-16,18-19,26H,17H2,1-4H3/t18-,19+,26-/m1/s1. The van der Waals surface area contributed by atoms with Crippen LogP contribution in [0.3, 0.4) is 0 Å². The number of ether oxygens (including phenoxy) is 4. The van der Waals surface area contributed by atoms with Gasteiger partial charge in [0.25, 0.3) is 0 Å². The van der Waals surface area contributed by atoms with E-state index in [0.717, 1.165) is 5.56 Å². The number of carbonyl (C=O) groups is 3. The van der Waals surface area contributed by atoms with E-state index in [4.69, 9.17) is 18.9 Å². The summed E-state index contributed by atoms with van der Waals surface area (Å²) in [5.74, 6) is -1.70. The monoisotopic (exact) mass is 491 g/mol. The third-order valence-electron chi connectivity index (χ3n) is 5.35. The SMILES string of the molecule is COc1ccnc(C(=O)C[C@@H](C)C(=O)O[C@@H](C)[C@@H](Oc2ccccc2)c2ccccc2)c1OC(C)=O. The van der Waals surface area contributed by atoms with Crippen LogP contribution in [0.15, 0.2) is 72.9 Å². The van der Waals surface area contributed by atoms with Crippen molar-refractivity contribution in [2.24, 2.45) is 5.92 Å². The van der Waals surface area contributed by atoms with Gasteiger partial charge in [0, 0.05) is 25.6 Å². The summed E-state index contributed by atoms with van der Waals surface area (Å²) in [5, 5.41) is 0. The van der Waals surface area contributed by atoms with Crippen LogP contribution >= 0.6 is 0 Å². The first-order chi connectivity index (χ1) is 17.3. The van der Waals surface area contributed by atoms with Crippen LogP contribution in [0.25, 0.3) is 0 Å². The molecule has 0 N–H and O–H groups in total. The summed E-state index contributed by atoms with van der Waals surface area (Å²) in [6, 6.07) is 20.2. The maximum atomic E-state index is 13.0. The van der Waals surface area contributed by atoms with Gasteiger partial charge in [0.1, 0.15) is 11.9 Å². The summed E-state index contributed by atoms with van der Waals surface area (Å²) >= 11 is 0. The van der Waals surface area contributed by atoms with Crippen molar-refractivity contribution in [3.8, 4) is 17.2 Å². The number of ketones is 1. The molecule has 0 radical (unpaired) electrons. The lowest BCUT2D eigenvalue weighted by atomic mass is 10.0. The number of benzene rings is 2. The largest absolute Gasteiger partial charge is 0.493 e. The quantitative estimate of drug-likeness (QED) is 0.274. The summed E-state index contributed by atoms with van der Waals surface area (Å²) in [6.45, 7) is 4.55. The summed E-state index contributed by atoms with van der Waals surface area (Å²) < 4.78 is 22.2. The number of esters is 2. The van der Waals surface area contributed by atoms with Crippen molar-refractivity contribution in [2.45, 2.75) is 39.4 Å². The molecule has 188 valence electrons. The van der Waals surface area contributed by atoms with E-state index in [1.165, 1.54) is 26.3 Å². The van der Waals surface area contributed by atoms with Crippen LogP contribution in [0, 0.1) is 5.92 Å². The van der Waals surface area contributed by atoms with Gasteiger partial charge in [-0.25, -0.2) is 4.98 Å². The van der Waals surface area contributed by atoms with Crippen LogP contribution in [-0.2, 0) is 14.3 Å². The van der Waals surface area contributed by atoms with Gasteiger partial charge >= 0.3 is 11.9 Å². The second-order valence-corrected chi connectivity index (χ2v) is 8.22. The fourth-order valence-electron chi connectivity index (χ4n) is 3.57. The molecule has 1 heterocycles. The highest BCUT2D eigenvalue weighted by atomic mass is 16.6. The third-order valence-corrected chi connectivity index (χ3v) is 5.35. The van der Waals surface area contributed by atoms with Crippen LogP contribution in [0.4, 0.5) is 0 Å². The first-order valence-corrected chi connectivity index (χ1v) is 11.5. The molecule has 8 heteroatoms. The van der Waals surface area contributed by atoms with Crippen molar-refractivity contribution in [3.63, 3.8) is 0 Å². The molecule has 8 nitrogen and oxygen atoms in total. The average Bonchev–Trinajstić information content (AvgIpc) is 2.88. The molecule has 3 rings (SSSR count). The maximum absolute atomic E-state index is 13.0. The zero-order valence-electron chi connectivity index (χ0n) is 20.7. The second-order valence-electron chi connectivity index (χ2n) is 8.22. The molecule has 0 saturated carbocycles. The number of para-hydroxylation sites is 1. The molecule has 36 heavy (non-hydrogen) atoms. The molecule has 0 fully saturated rings. The Kier molecular flexibility index (Phi) is 9.16. The Labute approximate surface area is 210 Å². The van der Waals surface area contributed by atoms with Crippen molar-refractivity contribution < 1.29 is 33.3 Å². The number of pyridine rings is 1. The van der Waals surface area contributed by atoms with Gasteiger partial charge in [0.05, 0.1) is 13.0 Å². The normalized spacial score (nSPS) is 13.1. The summed E-state index contributed by atoms with van der Waals surface area (Å²) in [6.07, 6.45) is -0.0364. The minimum absolute atomic E-state index is 0.0770. The highest BCUT2D eigenvalue weighted by Crippen LogP contribution is 2.32. The Morgan fingerprint density at radius 3 is 2.17 bits per heavy atom. The van der Waals surface area contributed by atoms with Crippen LogP contribution in [0.1, 0.15) is 49.3 Å². The molecule has 0 bridgehead atoms. The van der Waals surface area contributed by atoms with E-state index in [1.54, 1.807) is 13.8 Å². The summed E-state index contributed by atoms with van der Waals surface area (Å²) in [7, 11) is 1.39. The van der Waals surface area contributed by atoms with Crippen molar-refractivity contribution in [1.82, 2.24) is 4.98 Å². The van der Waals surface area contributed by atoms with Gasteiger partial charge in [-0.15, -0.1) is 0 Å². The smallest absolute Gasteiger partial charge is 0.309 e. The molecule has 3 aromatic rings. The Morgan fingerprint density at radius 2 is 1.56 bits per heavy atom. The van der Waals surface area contributed by atoms with Crippen LogP contribution in [0.2, 0.25) is 0 Å². The lowest BCUT2D eigenvalue weighted by Crippen LogP contribution is -2.30. The minimum atomic E-state index is -0.786. The van der Waals surface area contributed by atoms with Gasteiger partial charge in [-0.05, 0) is 24.6 Å². The van der Waals surface area contributed by atoms with Crippen molar-refractivity contribution in [2.75, 3.05) is 7.11 Å². The molecular formula is C28H29NO7. The molecule has 0 aliphatic carbocycles. The van der Waals surface area contributed by atoms with Gasteiger partial charge in [-0.2, -0.15) is 0 Å². The molecule has 0 amide bonds. The number of nitrogens with zero attached hydrogens (tertiary/aromatic N) is 1. The number of aromatic nitrogens is 1. The van der Waals surface area contributed by atoms with E-state index in [1.807, 2.05) is 60.7 Å². The molecule has 1 aromatic heterocycles. The van der Waals surface area contributed by atoms with E-state index in [0.29, 0.717) is 5.75 Å². The van der Waals surface area contributed by atoms with Crippen molar-refractivity contribution >= 4 is 17.7 Å². The number of methoxy groups -OCH3 is 1. The number of hydrogen-bond acceptors (Lipinski definition) is 8. The highest BCUT2D eigenvalue weighted by Gasteiger charge is 2.29. The highest BCUT2D eigenvalue weighted by molar-refractivity contribution is 5.99. The lowest BCUT2D eigenvalue weighted by Gasteiger charge is -2.26. The fraction of sp³-hybridized carbons (Fsp3) is 0.286. The fourth-order valence-corrected chi connectivity index (χ4v) is 3.57. The predicted octanol–water partition coefficient (Wildman–Crippen LogP) is 4.98.